The largest absolute Gasteiger partial charge is 0.411 e. The van der Waals surface area contributed by atoms with Crippen LogP contribution in [0.1, 0.15) is 44.9 Å². The van der Waals surface area contributed by atoms with Crippen LogP contribution in [0.4, 0.5) is 0 Å². The van der Waals surface area contributed by atoms with E-state index in [1.165, 1.54) is 25.7 Å². The molecule has 4 heteroatoms. The van der Waals surface area contributed by atoms with Crippen LogP contribution in [0.25, 0.3) is 0 Å². The monoisotopic (exact) mass is 228 g/mol. The van der Waals surface area contributed by atoms with Gasteiger partial charge in [-0.25, -0.2) is 0 Å². The number of unbranched alkanes of at least 4 members (excludes halogenated alkanes) is 5. The minimum absolute atomic E-state index is 0.0879. The second-order valence-corrected chi connectivity index (χ2v) is 4.39. The lowest BCUT2D eigenvalue weighted by Gasteiger charge is -2.08. The highest BCUT2D eigenvalue weighted by atomic mass is 16.4. The Bertz CT molecular complexity index is 203. The molecule has 0 radical (unpaired) electrons. The van der Waals surface area contributed by atoms with Gasteiger partial charge >= 0.3 is 0 Å². The van der Waals surface area contributed by atoms with Crippen LogP contribution in [-0.4, -0.2) is 42.7 Å². The highest BCUT2D eigenvalue weighted by Crippen LogP contribution is 2.07. The molecule has 0 aromatic rings. The number of oxime groups is 1. The van der Waals surface area contributed by atoms with E-state index in [1.54, 1.807) is 0 Å². The van der Waals surface area contributed by atoms with Gasteiger partial charge in [-0.3, -0.25) is 4.79 Å². The van der Waals surface area contributed by atoms with Crippen molar-refractivity contribution in [1.29, 1.82) is 0 Å². The van der Waals surface area contributed by atoms with Crippen molar-refractivity contribution in [1.82, 2.24) is 4.90 Å². The van der Waals surface area contributed by atoms with Crippen LogP contribution < -0.4 is 0 Å². The van der Waals surface area contributed by atoms with E-state index in [2.05, 4.69) is 24.2 Å². The van der Waals surface area contributed by atoms with Gasteiger partial charge in [-0.05, 0) is 33.5 Å². The fourth-order valence-corrected chi connectivity index (χ4v) is 1.56. The smallest absolute Gasteiger partial charge is 0.177 e. The summed E-state index contributed by atoms with van der Waals surface area (Å²) >= 11 is 0. The molecule has 0 aliphatic rings. The third-order valence-corrected chi connectivity index (χ3v) is 2.48. The molecule has 0 amide bonds. The molecule has 4 nitrogen and oxygen atoms in total. The number of Topliss-reactive ketones (excluding diaryl/α,β-unsaturated/α-hetero) is 1. The van der Waals surface area contributed by atoms with Crippen molar-refractivity contribution in [2.45, 2.75) is 44.9 Å². The number of nitrogens with zero attached hydrogens (tertiary/aromatic N) is 2. The van der Waals surface area contributed by atoms with Crippen molar-refractivity contribution < 1.29 is 10.0 Å². The normalized spacial score (nSPS) is 11.4. The molecule has 16 heavy (non-hydrogen) atoms. The SMILES string of the molecule is CN(C)CCCCCCCCC(=O)/C=N\O. The molecule has 1 N–H and O–H groups in total. The molecular weight excluding hydrogens is 204 g/mol. The molecular formula is C12H24N2O2. The Morgan fingerprint density at radius 3 is 2.25 bits per heavy atom. The first-order valence-corrected chi connectivity index (χ1v) is 6.02. The first kappa shape index (κ1) is 15.1. The summed E-state index contributed by atoms with van der Waals surface area (Å²) in [6, 6.07) is 0. The highest BCUT2D eigenvalue weighted by molar-refractivity contribution is 6.27. The van der Waals surface area contributed by atoms with Crippen molar-refractivity contribution in [2.75, 3.05) is 20.6 Å². The summed E-state index contributed by atoms with van der Waals surface area (Å²) < 4.78 is 0. The zero-order valence-corrected chi connectivity index (χ0v) is 10.5. The standard InChI is InChI=1S/C12H24N2O2/c1-14(2)10-8-6-4-3-5-7-9-12(15)11-13-16/h11,16H,3-10H2,1-2H3/b13-11-. The first-order valence-electron chi connectivity index (χ1n) is 6.02. The van der Waals surface area contributed by atoms with Gasteiger partial charge in [0, 0.05) is 6.42 Å². The topological polar surface area (TPSA) is 52.9 Å². The molecule has 0 saturated carbocycles. The molecule has 0 aliphatic heterocycles. The lowest BCUT2D eigenvalue weighted by molar-refractivity contribution is -0.112. The lowest BCUT2D eigenvalue weighted by atomic mass is 10.1. The van der Waals surface area contributed by atoms with Crippen molar-refractivity contribution >= 4 is 12.0 Å². The van der Waals surface area contributed by atoms with Crippen LogP contribution in [0.15, 0.2) is 5.16 Å². The van der Waals surface area contributed by atoms with Gasteiger partial charge in [-0.1, -0.05) is 30.8 Å². The van der Waals surface area contributed by atoms with Crippen LogP contribution >= 0.6 is 0 Å². The van der Waals surface area contributed by atoms with Gasteiger partial charge < -0.3 is 10.1 Å². The third-order valence-electron chi connectivity index (χ3n) is 2.48. The van der Waals surface area contributed by atoms with Gasteiger partial charge in [-0.15, -0.1) is 0 Å². The maximum atomic E-state index is 10.9. The van der Waals surface area contributed by atoms with E-state index in [9.17, 15) is 4.79 Å². The van der Waals surface area contributed by atoms with Gasteiger partial charge in [0.25, 0.3) is 0 Å². The quantitative estimate of drug-likeness (QED) is 0.270. The van der Waals surface area contributed by atoms with E-state index in [0.29, 0.717) is 6.42 Å². The van der Waals surface area contributed by atoms with Crippen molar-refractivity contribution in [3.8, 4) is 0 Å². The molecule has 0 saturated heterocycles. The van der Waals surface area contributed by atoms with E-state index < -0.39 is 0 Å². The van der Waals surface area contributed by atoms with Gasteiger partial charge in [0.1, 0.15) is 6.21 Å². The number of carbonyl (C=O) groups is 1. The van der Waals surface area contributed by atoms with E-state index >= 15 is 0 Å². The van der Waals surface area contributed by atoms with E-state index in [1.807, 2.05) is 0 Å². The van der Waals surface area contributed by atoms with Crippen LogP contribution in [-0.2, 0) is 4.79 Å². The number of rotatable bonds is 10. The molecule has 0 unspecified atom stereocenters. The predicted octanol–water partition coefficient (Wildman–Crippen LogP) is 2.31. The third kappa shape index (κ3) is 11.2. The van der Waals surface area contributed by atoms with E-state index in [4.69, 9.17) is 5.21 Å². The zero-order valence-electron chi connectivity index (χ0n) is 10.5. The number of carbonyl (C=O) groups excluding carboxylic acids is 1. The fourth-order valence-electron chi connectivity index (χ4n) is 1.56. The molecule has 0 aliphatic carbocycles. The maximum Gasteiger partial charge on any atom is 0.177 e. The molecule has 0 atom stereocenters. The average Bonchev–Trinajstić information content (AvgIpc) is 2.22. The Kier molecular flexibility index (Phi) is 10.0. The van der Waals surface area contributed by atoms with Gasteiger partial charge in [0.05, 0.1) is 0 Å². The summed E-state index contributed by atoms with van der Waals surface area (Å²) in [6.07, 6.45) is 8.44. The summed E-state index contributed by atoms with van der Waals surface area (Å²) in [5.74, 6) is -0.0879. The van der Waals surface area contributed by atoms with E-state index in [0.717, 1.165) is 25.6 Å². The second kappa shape index (κ2) is 10.6. The Morgan fingerprint density at radius 1 is 1.12 bits per heavy atom. The molecule has 0 aromatic carbocycles. The molecule has 0 rings (SSSR count). The van der Waals surface area contributed by atoms with Crippen molar-refractivity contribution in [3.05, 3.63) is 0 Å². The second-order valence-electron chi connectivity index (χ2n) is 4.39. The molecule has 0 spiro atoms. The molecule has 94 valence electrons. The fraction of sp³-hybridized carbons (Fsp3) is 0.833. The number of hydrogen-bond acceptors (Lipinski definition) is 4. The minimum atomic E-state index is -0.0879. The maximum absolute atomic E-state index is 10.9. The van der Waals surface area contributed by atoms with Crippen LogP contribution in [0.2, 0.25) is 0 Å². The summed E-state index contributed by atoms with van der Waals surface area (Å²) in [6.45, 7) is 1.16. The summed E-state index contributed by atoms with van der Waals surface area (Å²) in [4.78, 5) is 13.1. The number of ketones is 1. The molecule has 0 fully saturated rings. The molecule has 0 bridgehead atoms. The Balaban J connectivity index is 3.13. The molecule has 0 heterocycles. The predicted molar refractivity (Wildman–Crippen MR) is 66.2 cm³/mol. The number of hydrogen-bond donors (Lipinski definition) is 1. The first-order chi connectivity index (χ1) is 7.66. The van der Waals surface area contributed by atoms with Crippen LogP contribution in [0, 0.1) is 0 Å². The highest BCUT2D eigenvalue weighted by Gasteiger charge is 1.98. The Morgan fingerprint density at radius 2 is 1.69 bits per heavy atom. The zero-order chi connectivity index (χ0) is 12.2. The summed E-state index contributed by atoms with van der Waals surface area (Å²) in [5, 5.41) is 10.8. The molecule has 0 aromatic heterocycles. The van der Waals surface area contributed by atoms with Crippen LogP contribution in [0.3, 0.4) is 0 Å². The van der Waals surface area contributed by atoms with Gasteiger partial charge in [0.15, 0.2) is 5.78 Å². The summed E-state index contributed by atoms with van der Waals surface area (Å²) in [5.41, 5.74) is 0. The van der Waals surface area contributed by atoms with Gasteiger partial charge in [0.2, 0.25) is 0 Å². The van der Waals surface area contributed by atoms with Crippen LogP contribution in [0.5, 0.6) is 0 Å². The average molecular weight is 228 g/mol. The Labute approximate surface area is 98.3 Å². The van der Waals surface area contributed by atoms with Crippen molar-refractivity contribution in [3.63, 3.8) is 0 Å². The van der Waals surface area contributed by atoms with Gasteiger partial charge in [-0.2, -0.15) is 0 Å². The minimum Gasteiger partial charge on any atom is -0.411 e. The van der Waals surface area contributed by atoms with Crippen molar-refractivity contribution in [2.24, 2.45) is 5.16 Å². The Hall–Kier alpha value is -0.900. The summed E-state index contributed by atoms with van der Waals surface area (Å²) in [7, 11) is 4.18. The lowest BCUT2D eigenvalue weighted by Crippen LogP contribution is -2.12. The van der Waals surface area contributed by atoms with E-state index in [-0.39, 0.29) is 5.78 Å².